The van der Waals surface area contributed by atoms with Crippen molar-refractivity contribution in [2.45, 2.75) is 13.8 Å². The minimum Gasteiger partial charge on any atom is -0.335 e. The summed E-state index contributed by atoms with van der Waals surface area (Å²) in [4.78, 5) is 13.0. The fourth-order valence-electron chi connectivity index (χ4n) is 0.927. The van der Waals surface area contributed by atoms with E-state index in [-0.39, 0.29) is 5.91 Å². The third-order valence-corrected chi connectivity index (χ3v) is 2.05. The topological polar surface area (TPSA) is 32.3 Å². The summed E-state index contributed by atoms with van der Waals surface area (Å²) >= 11 is 0. The molecule has 0 aromatic rings. The summed E-state index contributed by atoms with van der Waals surface area (Å²) in [7, 11) is 1.88. The molecule has 0 aromatic heterocycles. The molecule has 1 rings (SSSR count). The first kappa shape index (κ1) is 7.85. The maximum Gasteiger partial charge on any atom is 0.254 e. The molecule has 0 aromatic carbocycles. The number of rotatable bonds is 0. The molecule has 0 aliphatic carbocycles. The van der Waals surface area contributed by atoms with Gasteiger partial charge in [0, 0.05) is 18.3 Å². The largest absolute Gasteiger partial charge is 0.335 e. The summed E-state index contributed by atoms with van der Waals surface area (Å²) in [6.07, 6.45) is 0. The second-order valence-corrected chi connectivity index (χ2v) is 2.67. The summed E-state index contributed by atoms with van der Waals surface area (Å²) in [5.74, 6) is 0.587. The molecule has 0 bridgehead atoms. The van der Waals surface area contributed by atoms with Gasteiger partial charge in [0.2, 0.25) is 0 Å². The van der Waals surface area contributed by atoms with Crippen molar-refractivity contribution in [1.82, 2.24) is 10.2 Å². The lowest BCUT2D eigenvalue weighted by atomic mass is 10.2. The monoisotopic (exact) mass is 152 g/mol. The van der Waals surface area contributed by atoms with Gasteiger partial charge in [-0.25, -0.2) is 0 Å². The third kappa shape index (κ3) is 1.13. The molecule has 1 aliphatic rings. The lowest BCUT2D eigenvalue weighted by Crippen LogP contribution is -2.38. The van der Waals surface area contributed by atoms with Crippen LogP contribution in [0.4, 0.5) is 0 Å². The molecule has 0 saturated heterocycles. The molecule has 3 heteroatoms. The average molecular weight is 152 g/mol. The lowest BCUT2D eigenvalue weighted by Gasteiger charge is -2.28. The highest BCUT2D eigenvalue weighted by Crippen LogP contribution is 2.16. The van der Waals surface area contributed by atoms with Crippen molar-refractivity contribution in [3.8, 4) is 0 Å². The number of carbonyl (C=O) groups excluding carboxylic acids is 1. The first-order chi connectivity index (χ1) is 5.04. The van der Waals surface area contributed by atoms with Gasteiger partial charge in [0.05, 0.1) is 0 Å². The number of hydrogen-bond acceptors (Lipinski definition) is 2. The highest BCUT2D eigenvalue weighted by molar-refractivity contribution is 5.95. The first-order valence-electron chi connectivity index (χ1n) is 3.45. The Hall–Kier alpha value is -1.25. The van der Waals surface area contributed by atoms with Gasteiger partial charge in [-0.05, 0) is 13.8 Å². The molecule has 0 unspecified atom stereocenters. The number of nitrogens with one attached hydrogen (secondary N) is 1. The third-order valence-electron chi connectivity index (χ3n) is 2.05. The van der Waals surface area contributed by atoms with Crippen LogP contribution in [0.5, 0.6) is 0 Å². The SMILES string of the molecule is C=C1NC(=O)C(C)=C(C)N1C. The predicted molar refractivity (Wildman–Crippen MR) is 43.4 cm³/mol. The van der Waals surface area contributed by atoms with Gasteiger partial charge in [-0.15, -0.1) is 0 Å². The Labute approximate surface area is 66.4 Å². The number of hydrogen-bond donors (Lipinski definition) is 1. The van der Waals surface area contributed by atoms with Crippen LogP contribution in [-0.2, 0) is 4.79 Å². The number of allylic oxidation sites excluding steroid dienone is 1. The van der Waals surface area contributed by atoms with Crippen LogP contribution in [0.2, 0.25) is 0 Å². The zero-order valence-corrected chi connectivity index (χ0v) is 7.06. The fourth-order valence-corrected chi connectivity index (χ4v) is 0.927. The summed E-state index contributed by atoms with van der Waals surface area (Å²) in [5, 5.41) is 2.64. The summed E-state index contributed by atoms with van der Waals surface area (Å²) in [6.45, 7) is 7.39. The highest BCUT2D eigenvalue weighted by Gasteiger charge is 2.19. The zero-order valence-electron chi connectivity index (χ0n) is 7.06. The van der Waals surface area contributed by atoms with E-state index in [1.54, 1.807) is 6.92 Å². The van der Waals surface area contributed by atoms with Crippen LogP contribution in [0.3, 0.4) is 0 Å². The molecule has 0 saturated carbocycles. The van der Waals surface area contributed by atoms with Gasteiger partial charge < -0.3 is 10.2 Å². The van der Waals surface area contributed by atoms with E-state index in [1.165, 1.54) is 0 Å². The van der Waals surface area contributed by atoms with Gasteiger partial charge in [0.1, 0.15) is 5.82 Å². The van der Waals surface area contributed by atoms with Crippen LogP contribution in [0.1, 0.15) is 13.8 Å². The fraction of sp³-hybridized carbons (Fsp3) is 0.375. The van der Waals surface area contributed by atoms with Crippen LogP contribution in [0.15, 0.2) is 23.7 Å². The van der Waals surface area contributed by atoms with Crippen molar-refractivity contribution in [3.63, 3.8) is 0 Å². The van der Waals surface area contributed by atoms with Gasteiger partial charge in [0.15, 0.2) is 0 Å². The standard InChI is InChI=1S/C8H12N2O/c1-5-6(2)10(4)7(3)9-8(5)11/h3H2,1-2,4H3,(H,9,11). The van der Waals surface area contributed by atoms with E-state index in [0.717, 1.165) is 11.3 Å². The van der Waals surface area contributed by atoms with Crippen LogP contribution >= 0.6 is 0 Å². The van der Waals surface area contributed by atoms with Crippen molar-refractivity contribution in [3.05, 3.63) is 23.7 Å². The second kappa shape index (κ2) is 2.42. The molecule has 11 heavy (non-hydrogen) atoms. The molecule has 60 valence electrons. The van der Waals surface area contributed by atoms with Crippen LogP contribution in [0.25, 0.3) is 0 Å². The van der Waals surface area contributed by atoms with Crippen LogP contribution < -0.4 is 5.32 Å². The molecule has 3 nitrogen and oxygen atoms in total. The number of carbonyl (C=O) groups is 1. The summed E-state index contributed by atoms with van der Waals surface area (Å²) in [5.41, 5.74) is 1.71. The first-order valence-corrected chi connectivity index (χ1v) is 3.45. The van der Waals surface area contributed by atoms with Crippen LogP contribution in [-0.4, -0.2) is 17.9 Å². The van der Waals surface area contributed by atoms with E-state index < -0.39 is 0 Å². The molecule has 0 atom stereocenters. The molecule has 1 N–H and O–H groups in total. The molecule has 0 fully saturated rings. The summed E-state index contributed by atoms with van der Waals surface area (Å²) in [6, 6.07) is 0. The minimum absolute atomic E-state index is 0.0504. The molecule has 0 spiro atoms. The Balaban J connectivity index is 3.08. The Kier molecular flexibility index (Phi) is 1.72. The number of amides is 1. The second-order valence-electron chi connectivity index (χ2n) is 2.67. The Morgan fingerprint density at radius 2 is 2.00 bits per heavy atom. The van der Waals surface area contributed by atoms with Crippen molar-refractivity contribution in [2.75, 3.05) is 7.05 Å². The summed E-state index contributed by atoms with van der Waals surface area (Å²) < 4.78 is 0. The molecule has 1 aliphatic heterocycles. The quantitative estimate of drug-likeness (QED) is 0.557. The molecule has 1 heterocycles. The average Bonchev–Trinajstić information content (AvgIpc) is 1.97. The van der Waals surface area contributed by atoms with E-state index >= 15 is 0 Å². The molecular formula is C8H12N2O. The van der Waals surface area contributed by atoms with E-state index in [2.05, 4.69) is 11.9 Å². The minimum atomic E-state index is -0.0504. The van der Waals surface area contributed by atoms with E-state index in [0.29, 0.717) is 5.82 Å². The van der Waals surface area contributed by atoms with Crippen molar-refractivity contribution >= 4 is 5.91 Å². The van der Waals surface area contributed by atoms with Gasteiger partial charge in [-0.1, -0.05) is 6.58 Å². The molecule has 0 radical (unpaired) electrons. The Morgan fingerprint density at radius 1 is 1.45 bits per heavy atom. The number of nitrogens with zero attached hydrogens (tertiary/aromatic N) is 1. The van der Waals surface area contributed by atoms with Crippen LogP contribution in [0, 0.1) is 0 Å². The van der Waals surface area contributed by atoms with Gasteiger partial charge in [0.25, 0.3) is 5.91 Å². The molecule has 1 amide bonds. The van der Waals surface area contributed by atoms with Crippen molar-refractivity contribution in [1.29, 1.82) is 0 Å². The van der Waals surface area contributed by atoms with Gasteiger partial charge in [-0.3, -0.25) is 4.79 Å². The normalized spacial score (nSPS) is 19.0. The maximum absolute atomic E-state index is 11.1. The van der Waals surface area contributed by atoms with E-state index in [9.17, 15) is 4.79 Å². The zero-order chi connectivity index (χ0) is 8.59. The van der Waals surface area contributed by atoms with Gasteiger partial charge in [-0.2, -0.15) is 0 Å². The van der Waals surface area contributed by atoms with Crippen molar-refractivity contribution < 1.29 is 4.79 Å². The maximum atomic E-state index is 11.1. The van der Waals surface area contributed by atoms with Gasteiger partial charge >= 0.3 is 0 Å². The van der Waals surface area contributed by atoms with E-state index in [4.69, 9.17) is 0 Å². The highest BCUT2D eigenvalue weighted by atomic mass is 16.2. The predicted octanol–water partition coefficient (Wildman–Crippen LogP) is 0.813. The Morgan fingerprint density at radius 3 is 2.55 bits per heavy atom. The molecular weight excluding hydrogens is 140 g/mol. The van der Waals surface area contributed by atoms with E-state index in [1.807, 2.05) is 18.9 Å². The van der Waals surface area contributed by atoms with Crippen molar-refractivity contribution in [2.24, 2.45) is 0 Å². The smallest absolute Gasteiger partial charge is 0.254 e. The Bertz CT molecular complexity index is 253. The lowest BCUT2D eigenvalue weighted by molar-refractivity contribution is -0.117.